The Hall–Kier alpha value is -1.91. The number of para-hydroxylation sites is 1. The predicted octanol–water partition coefficient (Wildman–Crippen LogP) is 4.65. The summed E-state index contributed by atoms with van der Waals surface area (Å²) in [4.78, 5) is 0. The Labute approximate surface area is 146 Å². The fraction of sp³-hybridized carbons (Fsp3) is 0.368. The third-order valence-corrected chi connectivity index (χ3v) is 4.81. The first-order chi connectivity index (χ1) is 11.8. The van der Waals surface area contributed by atoms with Crippen molar-refractivity contribution in [1.82, 2.24) is 0 Å². The summed E-state index contributed by atoms with van der Waals surface area (Å²) in [7, 11) is 0. The molecule has 0 amide bonds. The van der Waals surface area contributed by atoms with Gasteiger partial charge in [-0.05, 0) is 43.7 Å². The van der Waals surface area contributed by atoms with E-state index >= 15 is 0 Å². The molecular weight excluding hydrogens is 326 g/mol. The van der Waals surface area contributed by atoms with Crippen LogP contribution in [0.4, 0.5) is 5.69 Å². The van der Waals surface area contributed by atoms with Crippen LogP contribution >= 0.6 is 11.6 Å². The van der Waals surface area contributed by atoms with Crippen molar-refractivity contribution in [2.24, 2.45) is 5.92 Å². The van der Waals surface area contributed by atoms with Crippen molar-refractivity contribution in [3.8, 4) is 11.5 Å². The van der Waals surface area contributed by atoms with E-state index in [2.05, 4.69) is 11.4 Å². The van der Waals surface area contributed by atoms with Gasteiger partial charge in [-0.3, -0.25) is 0 Å². The van der Waals surface area contributed by atoms with Gasteiger partial charge in [0.25, 0.3) is 0 Å². The lowest BCUT2D eigenvalue weighted by Gasteiger charge is -2.36. The molecule has 0 unspecified atom stereocenters. The zero-order valence-electron chi connectivity index (χ0n) is 13.5. The molecule has 2 aliphatic rings. The Bertz CT molecular complexity index is 719. The van der Waals surface area contributed by atoms with Gasteiger partial charge < -0.3 is 19.5 Å². The van der Waals surface area contributed by atoms with E-state index in [1.165, 1.54) is 0 Å². The van der Waals surface area contributed by atoms with E-state index in [4.69, 9.17) is 25.8 Å². The van der Waals surface area contributed by atoms with Gasteiger partial charge in [0.1, 0.15) is 0 Å². The van der Waals surface area contributed by atoms with Gasteiger partial charge in [0.15, 0.2) is 11.5 Å². The smallest absolute Gasteiger partial charge is 0.205 e. The number of hydrogen-bond donors (Lipinski definition) is 1. The SMILES string of the molecule is CCOc1cccc2c1O[C@@H]1OCC[C@@H]1[C@@H]2Nc1ccc(Cl)cc1. The van der Waals surface area contributed by atoms with Crippen molar-refractivity contribution in [3.05, 3.63) is 53.1 Å². The van der Waals surface area contributed by atoms with Crippen LogP contribution in [0.15, 0.2) is 42.5 Å². The maximum atomic E-state index is 6.12. The van der Waals surface area contributed by atoms with Gasteiger partial charge in [-0.15, -0.1) is 0 Å². The molecule has 3 atom stereocenters. The summed E-state index contributed by atoms with van der Waals surface area (Å²) in [6.45, 7) is 3.29. The number of rotatable bonds is 4. The average Bonchev–Trinajstić information content (AvgIpc) is 3.06. The summed E-state index contributed by atoms with van der Waals surface area (Å²) < 4.78 is 17.7. The van der Waals surface area contributed by atoms with Gasteiger partial charge in [0, 0.05) is 22.2 Å². The van der Waals surface area contributed by atoms with E-state index < -0.39 is 0 Å². The molecule has 4 nitrogen and oxygen atoms in total. The number of halogens is 1. The van der Waals surface area contributed by atoms with Gasteiger partial charge in [0.2, 0.25) is 6.29 Å². The van der Waals surface area contributed by atoms with Crippen molar-refractivity contribution in [1.29, 1.82) is 0 Å². The predicted molar refractivity (Wildman–Crippen MR) is 93.9 cm³/mol. The summed E-state index contributed by atoms with van der Waals surface area (Å²) in [6, 6.07) is 13.9. The monoisotopic (exact) mass is 345 g/mol. The zero-order valence-corrected chi connectivity index (χ0v) is 14.3. The molecular formula is C19H20ClNO3. The molecule has 2 aromatic carbocycles. The molecule has 1 fully saturated rings. The maximum absolute atomic E-state index is 6.12. The largest absolute Gasteiger partial charge is 0.490 e. The summed E-state index contributed by atoms with van der Waals surface area (Å²) >= 11 is 6.00. The van der Waals surface area contributed by atoms with Crippen LogP contribution < -0.4 is 14.8 Å². The van der Waals surface area contributed by atoms with Crippen molar-refractivity contribution < 1.29 is 14.2 Å². The van der Waals surface area contributed by atoms with Crippen molar-refractivity contribution in [2.75, 3.05) is 18.5 Å². The van der Waals surface area contributed by atoms with Gasteiger partial charge >= 0.3 is 0 Å². The molecule has 0 aliphatic carbocycles. The second-order valence-electron chi connectivity index (χ2n) is 6.05. The minimum absolute atomic E-state index is 0.114. The summed E-state index contributed by atoms with van der Waals surface area (Å²) in [6.07, 6.45) is 0.734. The van der Waals surface area contributed by atoms with E-state index in [0.29, 0.717) is 13.2 Å². The Morgan fingerprint density at radius 3 is 2.83 bits per heavy atom. The van der Waals surface area contributed by atoms with E-state index in [-0.39, 0.29) is 18.2 Å². The highest BCUT2D eigenvalue weighted by molar-refractivity contribution is 6.30. The molecule has 0 bridgehead atoms. The highest BCUT2D eigenvalue weighted by atomic mass is 35.5. The molecule has 2 aromatic rings. The van der Waals surface area contributed by atoms with Crippen molar-refractivity contribution >= 4 is 17.3 Å². The second kappa shape index (κ2) is 6.54. The number of nitrogens with one attached hydrogen (secondary N) is 1. The minimum Gasteiger partial charge on any atom is -0.490 e. The molecule has 1 N–H and O–H groups in total. The third-order valence-electron chi connectivity index (χ3n) is 4.56. The Balaban J connectivity index is 1.71. The van der Waals surface area contributed by atoms with Crippen LogP contribution in [0.3, 0.4) is 0 Å². The normalized spacial score (nSPS) is 24.7. The molecule has 5 heteroatoms. The fourth-order valence-electron chi connectivity index (χ4n) is 3.46. The van der Waals surface area contributed by atoms with Crippen LogP contribution in [0.5, 0.6) is 11.5 Å². The second-order valence-corrected chi connectivity index (χ2v) is 6.48. The van der Waals surface area contributed by atoms with Crippen LogP contribution in [-0.4, -0.2) is 19.5 Å². The van der Waals surface area contributed by atoms with Crippen LogP contribution in [0.25, 0.3) is 0 Å². The molecule has 0 radical (unpaired) electrons. The van der Waals surface area contributed by atoms with Crippen LogP contribution in [0, 0.1) is 5.92 Å². The van der Waals surface area contributed by atoms with E-state index in [9.17, 15) is 0 Å². The lowest BCUT2D eigenvalue weighted by molar-refractivity contribution is -0.0761. The number of hydrogen-bond acceptors (Lipinski definition) is 4. The van der Waals surface area contributed by atoms with Crippen LogP contribution in [0.2, 0.25) is 5.02 Å². The quantitative estimate of drug-likeness (QED) is 0.875. The maximum Gasteiger partial charge on any atom is 0.205 e. The molecule has 2 aliphatic heterocycles. The Morgan fingerprint density at radius 1 is 1.21 bits per heavy atom. The highest BCUT2D eigenvalue weighted by Gasteiger charge is 2.43. The highest BCUT2D eigenvalue weighted by Crippen LogP contribution is 2.48. The first-order valence-electron chi connectivity index (χ1n) is 8.32. The molecule has 126 valence electrons. The zero-order chi connectivity index (χ0) is 16.5. The number of anilines is 1. The molecule has 0 spiro atoms. The summed E-state index contributed by atoms with van der Waals surface area (Å²) in [5, 5.41) is 4.36. The number of fused-ring (bicyclic) bond motifs is 2. The van der Waals surface area contributed by atoms with Gasteiger partial charge in [-0.1, -0.05) is 23.7 Å². The summed E-state index contributed by atoms with van der Waals surface area (Å²) in [5.41, 5.74) is 2.15. The van der Waals surface area contributed by atoms with Gasteiger partial charge in [-0.2, -0.15) is 0 Å². The fourth-order valence-corrected chi connectivity index (χ4v) is 3.58. The van der Waals surface area contributed by atoms with Crippen molar-refractivity contribution in [2.45, 2.75) is 25.7 Å². The lowest BCUT2D eigenvalue weighted by Crippen LogP contribution is -2.36. The molecule has 24 heavy (non-hydrogen) atoms. The van der Waals surface area contributed by atoms with Crippen LogP contribution in [0.1, 0.15) is 24.9 Å². The van der Waals surface area contributed by atoms with Gasteiger partial charge in [0.05, 0.1) is 19.3 Å². The first kappa shape index (κ1) is 15.6. The van der Waals surface area contributed by atoms with Gasteiger partial charge in [-0.25, -0.2) is 0 Å². The summed E-state index contributed by atoms with van der Waals surface area (Å²) in [5.74, 6) is 1.82. The third kappa shape index (κ3) is 2.80. The topological polar surface area (TPSA) is 39.7 Å². The molecule has 0 aromatic heterocycles. The Morgan fingerprint density at radius 2 is 2.04 bits per heavy atom. The number of ether oxygens (including phenoxy) is 3. The average molecular weight is 346 g/mol. The van der Waals surface area contributed by atoms with Crippen molar-refractivity contribution in [3.63, 3.8) is 0 Å². The minimum atomic E-state index is -0.232. The molecule has 2 heterocycles. The standard InChI is InChI=1S/C19H20ClNO3/c1-2-22-16-5-3-4-14-17(21-13-8-6-12(20)7-9-13)15-10-11-23-19(15)24-18(14)16/h3-9,15,17,19,21H,2,10-11H2,1H3/t15-,17-,19+/m1/s1. The Kier molecular flexibility index (Phi) is 4.25. The first-order valence-corrected chi connectivity index (χ1v) is 8.70. The van der Waals surface area contributed by atoms with E-state index in [1.807, 2.05) is 43.3 Å². The molecule has 0 saturated carbocycles. The molecule has 1 saturated heterocycles. The molecule has 4 rings (SSSR count). The van der Waals surface area contributed by atoms with E-state index in [1.54, 1.807) is 0 Å². The number of benzene rings is 2. The van der Waals surface area contributed by atoms with Crippen LogP contribution in [-0.2, 0) is 4.74 Å². The lowest BCUT2D eigenvalue weighted by atomic mass is 9.88. The van der Waals surface area contributed by atoms with E-state index in [0.717, 1.165) is 34.2 Å².